The van der Waals surface area contributed by atoms with Crippen molar-refractivity contribution in [2.75, 3.05) is 6.61 Å². The molecule has 0 aliphatic heterocycles. The summed E-state index contributed by atoms with van der Waals surface area (Å²) < 4.78 is 5.34. The fourth-order valence-electron chi connectivity index (χ4n) is 1.10. The summed E-state index contributed by atoms with van der Waals surface area (Å²) in [6.07, 6.45) is 1.38. The number of benzene rings is 1. The molecule has 15 heavy (non-hydrogen) atoms. The Morgan fingerprint density at radius 3 is 2.53 bits per heavy atom. The predicted octanol–water partition coefficient (Wildman–Crippen LogP) is 0.982. The van der Waals surface area contributed by atoms with E-state index in [0.29, 0.717) is 12.3 Å². The summed E-state index contributed by atoms with van der Waals surface area (Å²) in [4.78, 5) is 0. The van der Waals surface area contributed by atoms with Crippen LogP contribution in [0.3, 0.4) is 0 Å². The summed E-state index contributed by atoms with van der Waals surface area (Å²) in [6, 6.07) is 9.81. The molecule has 1 rings (SSSR count). The number of nitrogens with one attached hydrogen (secondary N) is 1. The van der Waals surface area contributed by atoms with Crippen molar-refractivity contribution < 1.29 is 4.74 Å². The van der Waals surface area contributed by atoms with Gasteiger partial charge >= 0.3 is 0 Å². The molecule has 0 heterocycles. The number of hydrogen-bond acceptors (Lipinski definition) is 3. The van der Waals surface area contributed by atoms with E-state index in [2.05, 4.69) is 0 Å². The van der Waals surface area contributed by atoms with Crippen molar-refractivity contribution in [1.82, 2.24) is 0 Å². The van der Waals surface area contributed by atoms with Gasteiger partial charge in [-0.1, -0.05) is 30.3 Å². The second-order valence-corrected chi connectivity index (χ2v) is 3.15. The van der Waals surface area contributed by atoms with Gasteiger partial charge in [0.1, 0.15) is 5.84 Å². The largest absolute Gasteiger partial charge is 0.400 e. The third kappa shape index (κ3) is 4.83. The molecule has 5 N–H and O–H groups in total. The van der Waals surface area contributed by atoms with E-state index in [1.165, 1.54) is 6.08 Å². The van der Waals surface area contributed by atoms with E-state index in [1.54, 1.807) is 0 Å². The Balaban J connectivity index is 2.31. The zero-order valence-electron chi connectivity index (χ0n) is 8.44. The summed E-state index contributed by atoms with van der Waals surface area (Å²) in [7, 11) is 0. The van der Waals surface area contributed by atoms with E-state index in [4.69, 9.17) is 21.6 Å². The van der Waals surface area contributed by atoms with Crippen molar-refractivity contribution in [2.45, 2.75) is 6.61 Å². The number of nitrogens with two attached hydrogens (primary N) is 2. The molecule has 4 heteroatoms. The van der Waals surface area contributed by atoms with E-state index in [9.17, 15) is 0 Å². The first-order valence-corrected chi connectivity index (χ1v) is 4.60. The fraction of sp³-hybridized carbons (Fsp3) is 0.182. The van der Waals surface area contributed by atoms with Crippen LogP contribution in [0.15, 0.2) is 42.1 Å². The standard InChI is InChI=1S/C11H15N3O/c12-10(6-11(13)14)8-15-7-9-4-2-1-3-5-9/h1-6H,7-8,12H2,(H3,13,14)/b10-6-. The topological polar surface area (TPSA) is 85.1 Å². The van der Waals surface area contributed by atoms with E-state index >= 15 is 0 Å². The molecule has 0 aliphatic carbocycles. The maximum Gasteiger partial charge on any atom is 0.117 e. The number of hydrogen-bond donors (Lipinski definition) is 3. The minimum absolute atomic E-state index is 0.0594. The minimum Gasteiger partial charge on any atom is -0.400 e. The molecule has 0 atom stereocenters. The summed E-state index contributed by atoms with van der Waals surface area (Å²) in [5, 5.41) is 6.99. The van der Waals surface area contributed by atoms with Crippen molar-refractivity contribution in [1.29, 1.82) is 5.41 Å². The van der Waals surface area contributed by atoms with Crippen LogP contribution in [-0.4, -0.2) is 12.4 Å². The Kier molecular flexibility index (Phi) is 4.37. The fourth-order valence-corrected chi connectivity index (χ4v) is 1.10. The Morgan fingerprint density at radius 1 is 1.27 bits per heavy atom. The highest BCUT2D eigenvalue weighted by Gasteiger charge is 1.94. The highest BCUT2D eigenvalue weighted by Crippen LogP contribution is 2.00. The first-order valence-electron chi connectivity index (χ1n) is 4.60. The third-order valence-electron chi connectivity index (χ3n) is 1.72. The average Bonchev–Trinajstić information content (AvgIpc) is 2.18. The molecule has 80 valence electrons. The first kappa shape index (κ1) is 11.3. The first-order chi connectivity index (χ1) is 7.18. The Hall–Kier alpha value is -1.81. The smallest absolute Gasteiger partial charge is 0.117 e. The van der Waals surface area contributed by atoms with Gasteiger partial charge in [0, 0.05) is 11.8 Å². The lowest BCUT2D eigenvalue weighted by molar-refractivity contribution is 0.142. The third-order valence-corrected chi connectivity index (χ3v) is 1.72. The van der Waals surface area contributed by atoms with Crippen LogP contribution in [0.2, 0.25) is 0 Å². The Morgan fingerprint density at radius 2 is 1.93 bits per heavy atom. The number of amidine groups is 1. The molecule has 0 unspecified atom stereocenters. The molecule has 1 aromatic carbocycles. The maximum absolute atomic E-state index is 6.99. The van der Waals surface area contributed by atoms with Crippen LogP contribution in [0.4, 0.5) is 0 Å². The minimum atomic E-state index is -0.0594. The molecule has 0 aliphatic rings. The molecule has 0 aromatic heterocycles. The van der Waals surface area contributed by atoms with Crippen molar-refractivity contribution in [2.24, 2.45) is 11.5 Å². The van der Waals surface area contributed by atoms with Crippen LogP contribution in [0.1, 0.15) is 5.56 Å². The monoisotopic (exact) mass is 205 g/mol. The van der Waals surface area contributed by atoms with Crippen LogP contribution in [0.25, 0.3) is 0 Å². The zero-order chi connectivity index (χ0) is 11.1. The molecule has 0 amide bonds. The van der Waals surface area contributed by atoms with Gasteiger partial charge in [0.2, 0.25) is 0 Å². The molecule has 0 fully saturated rings. The van der Waals surface area contributed by atoms with Gasteiger partial charge in [-0.3, -0.25) is 5.41 Å². The van der Waals surface area contributed by atoms with Gasteiger partial charge in [-0.25, -0.2) is 0 Å². The molecule has 0 radical (unpaired) electrons. The SMILES string of the molecule is N=C(N)/C=C(\N)COCc1ccccc1. The average molecular weight is 205 g/mol. The van der Waals surface area contributed by atoms with Crippen molar-refractivity contribution in [3.05, 3.63) is 47.7 Å². The van der Waals surface area contributed by atoms with Crippen LogP contribution in [-0.2, 0) is 11.3 Å². The highest BCUT2D eigenvalue weighted by molar-refractivity contribution is 5.89. The number of ether oxygens (including phenoxy) is 1. The zero-order valence-corrected chi connectivity index (χ0v) is 8.44. The van der Waals surface area contributed by atoms with Crippen molar-refractivity contribution in [3.63, 3.8) is 0 Å². The van der Waals surface area contributed by atoms with Crippen molar-refractivity contribution in [3.8, 4) is 0 Å². The van der Waals surface area contributed by atoms with Gasteiger partial charge < -0.3 is 16.2 Å². The normalized spacial score (nSPS) is 11.3. The lowest BCUT2D eigenvalue weighted by Crippen LogP contribution is -2.13. The number of rotatable bonds is 5. The van der Waals surface area contributed by atoms with Crippen LogP contribution in [0.5, 0.6) is 0 Å². The Labute approximate surface area is 89.0 Å². The Bertz CT molecular complexity index is 346. The van der Waals surface area contributed by atoms with Gasteiger partial charge in [-0.05, 0) is 5.56 Å². The van der Waals surface area contributed by atoms with Crippen LogP contribution >= 0.6 is 0 Å². The summed E-state index contributed by atoms with van der Waals surface area (Å²) in [5.74, 6) is -0.0594. The van der Waals surface area contributed by atoms with Crippen molar-refractivity contribution >= 4 is 5.84 Å². The quantitative estimate of drug-likeness (QED) is 0.495. The molecule has 0 bridgehead atoms. The van der Waals surface area contributed by atoms with Gasteiger partial charge in [0.15, 0.2) is 0 Å². The van der Waals surface area contributed by atoms with E-state index in [1.807, 2.05) is 30.3 Å². The molecule has 4 nitrogen and oxygen atoms in total. The predicted molar refractivity (Wildman–Crippen MR) is 60.3 cm³/mol. The van der Waals surface area contributed by atoms with Gasteiger partial charge in [0.05, 0.1) is 13.2 Å². The van der Waals surface area contributed by atoms with Crippen LogP contribution in [0, 0.1) is 5.41 Å². The molecule has 1 aromatic rings. The van der Waals surface area contributed by atoms with Crippen LogP contribution < -0.4 is 11.5 Å². The second-order valence-electron chi connectivity index (χ2n) is 3.15. The molecular weight excluding hydrogens is 190 g/mol. The lowest BCUT2D eigenvalue weighted by Gasteiger charge is -2.04. The summed E-state index contributed by atoms with van der Waals surface area (Å²) >= 11 is 0. The molecule has 0 saturated carbocycles. The summed E-state index contributed by atoms with van der Waals surface area (Å²) in [5.41, 5.74) is 12.2. The van der Waals surface area contributed by atoms with Gasteiger partial charge in [-0.2, -0.15) is 0 Å². The van der Waals surface area contributed by atoms with Gasteiger partial charge in [-0.15, -0.1) is 0 Å². The second kappa shape index (κ2) is 5.82. The van der Waals surface area contributed by atoms with Gasteiger partial charge in [0.25, 0.3) is 0 Å². The summed E-state index contributed by atoms with van der Waals surface area (Å²) in [6.45, 7) is 0.793. The maximum atomic E-state index is 6.99. The van der Waals surface area contributed by atoms with E-state index < -0.39 is 0 Å². The van der Waals surface area contributed by atoms with E-state index in [0.717, 1.165) is 5.56 Å². The molecule has 0 spiro atoms. The lowest BCUT2D eigenvalue weighted by atomic mass is 10.2. The highest BCUT2D eigenvalue weighted by atomic mass is 16.5. The molecule has 0 saturated heterocycles. The molecular formula is C11H15N3O. The van der Waals surface area contributed by atoms with E-state index in [-0.39, 0.29) is 12.4 Å².